The van der Waals surface area contributed by atoms with Crippen LogP contribution in [0.1, 0.15) is 12.8 Å². The summed E-state index contributed by atoms with van der Waals surface area (Å²) in [6, 6.07) is 7.58. The summed E-state index contributed by atoms with van der Waals surface area (Å²) in [6.45, 7) is 1.88. The maximum atomic E-state index is 14.3. The molecular formula is C13H19FN2O. The average molecular weight is 238 g/mol. The predicted octanol–water partition coefficient (Wildman–Crippen LogP) is 2.20. The van der Waals surface area contributed by atoms with Gasteiger partial charge in [-0.15, -0.1) is 0 Å². The SMILES string of the molecule is COc1cccc(NCC2(F)CCNCC2)c1. The minimum absolute atomic E-state index is 0.363. The van der Waals surface area contributed by atoms with Gasteiger partial charge in [0.05, 0.1) is 7.11 Å². The molecule has 4 heteroatoms. The molecule has 1 aliphatic rings. The Bertz CT molecular complexity index is 364. The molecule has 0 atom stereocenters. The zero-order chi connectivity index (χ0) is 12.1. The predicted molar refractivity (Wildman–Crippen MR) is 67.4 cm³/mol. The maximum absolute atomic E-state index is 14.3. The fourth-order valence-electron chi connectivity index (χ4n) is 2.05. The van der Waals surface area contributed by atoms with Crippen LogP contribution in [0.2, 0.25) is 0 Å². The average Bonchev–Trinajstić information content (AvgIpc) is 2.38. The van der Waals surface area contributed by atoms with E-state index in [4.69, 9.17) is 4.74 Å². The molecule has 2 N–H and O–H groups in total. The van der Waals surface area contributed by atoms with Gasteiger partial charge in [-0.3, -0.25) is 0 Å². The Hall–Kier alpha value is -1.29. The molecule has 0 spiro atoms. The van der Waals surface area contributed by atoms with Crippen LogP contribution in [0.5, 0.6) is 5.75 Å². The van der Waals surface area contributed by atoms with Gasteiger partial charge in [0.25, 0.3) is 0 Å². The molecule has 2 rings (SSSR count). The van der Waals surface area contributed by atoms with Gasteiger partial charge in [-0.05, 0) is 38.1 Å². The first-order valence-corrected chi connectivity index (χ1v) is 5.99. The van der Waals surface area contributed by atoms with Crippen LogP contribution in [0.15, 0.2) is 24.3 Å². The lowest BCUT2D eigenvalue weighted by Crippen LogP contribution is -2.43. The number of alkyl halides is 1. The monoisotopic (exact) mass is 238 g/mol. The number of hydrogen-bond donors (Lipinski definition) is 2. The molecule has 17 heavy (non-hydrogen) atoms. The summed E-state index contributed by atoms with van der Waals surface area (Å²) in [5, 5.41) is 6.32. The highest BCUT2D eigenvalue weighted by molar-refractivity contribution is 5.48. The van der Waals surface area contributed by atoms with E-state index in [9.17, 15) is 4.39 Å². The zero-order valence-corrected chi connectivity index (χ0v) is 10.1. The van der Waals surface area contributed by atoms with Gasteiger partial charge in [0.2, 0.25) is 0 Å². The highest BCUT2D eigenvalue weighted by Crippen LogP contribution is 2.24. The van der Waals surface area contributed by atoms with E-state index in [0.29, 0.717) is 19.4 Å². The van der Waals surface area contributed by atoms with E-state index in [2.05, 4.69) is 10.6 Å². The number of hydrogen-bond acceptors (Lipinski definition) is 3. The maximum Gasteiger partial charge on any atom is 0.130 e. The first kappa shape index (κ1) is 12.2. The van der Waals surface area contributed by atoms with Gasteiger partial charge in [0.15, 0.2) is 0 Å². The number of benzene rings is 1. The highest BCUT2D eigenvalue weighted by Gasteiger charge is 2.31. The Morgan fingerprint density at radius 1 is 1.41 bits per heavy atom. The van der Waals surface area contributed by atoms with Crippen LogP contribution in [0.25, 0.3) is 0 Å². The van der Waals surface area contributed by atoms with Crippen molar-refractivity contribution in [3.05, 3.63) is 24.3 Å². The smallest absolute Gasteiger partial charge is 0.130 e. The Labute approximate surface area is 101 Å². The molecular weight excluding hydrogens is 219 g/mol. The van der Waals surface area contributed by atoms with E-state index in [1.54, 1.807) is 7.11 Å². The van der Waals surface area contributed by atoms with Crippen molar-refractivity contribution in [3.63, 3.8) is 0 Å². The molecule has 0 bridgehead atoms. The molecule has 1 aromatic rings. The van der Waals surface area contributed by atoms with Gasteiger partial charge in [0, 0.05) is 18.3 Å². The van der Waals surface area contributed by atoms with E-state index in [1.807, 2.05) is 24.3 Å². The van der Waals surface area contributed by atoms with Crippen molar-refractivity contribution in [1.29, 1.82) is 0 Å². The van der Waals surface area contributed by atoms with Crippen molar-refractivity contribution in [3.8, 4) is 5.75 Å². The molecule has 1 aromatic carbocycles. The standard InChI is InChI=1S/C13H19FN2O/c1-17-12-4-2-3-11(9-12)16-10-13(14)5-7-15-8-6-13/h2-4,9,15-16H,5-8,10H2,1H3. The Morgan fingerprint density at radius 2 is 2.18 bits per heavy atom. The molecule has 94 valence electrons. The summed E-state index contributed by atoms with van der Waals surface area (Å²) < 4.78 is 19.4. The van der Waals surface area contributed by atoms with Gasteiger partial charge in [-0.1, -0.05) is 6.07 Å². The van der Waals surface area contributed by atoms with Gasteiger partial charge < -0.3 is 15.4 Å². The van der Waals surface area contributed by atoms with Crippen LogP contribution in [-0.4, -0.2) is 32.4 Å². The number of anilines is 1. The molecule has 0 unspecified atom stereocenters. The first-order chi connectivity index (χ1) is 8.22. The lowest BCUT2D eigenvalue weighted by atomic mass is 9.94. The van der Waals surface area contributed by atoms with Gasteiger partial charge >= 0.3 is 0 Å². The summed E-state index contributed by atoms with van der Waals surface area (Å²) in [4.78, 5) is 0. The molecule has 1 saturated heterocycles. The molecule has 1 aliphatic heterocycles. The van der Waals surface area contributed by atoms with Gasteiger partial charge in [0.1, 0.15) is 11.4 Å². The summed E-state index contributed by atoms with van der Waals surface area (Å²) >= 11 is 0. The van der Waals surface area contributed by atoms with Gasteiger partial charge in [-0.2, -0.15) is 0 Å². The van der Waals surface area contributed by atoms with E-state index < -0.39 is 5.67 Å². The van der Waals surface area contributed by atoms with Crippen molar-refractivity contribution >= 4 is 5.69 Å². The molecule has 0 radical (unpaired) electrons. The molecule has 1 heterocycles. The lowest BCUT2D eigenvalue weighted by molar-refractivity contribution is 0.131. The fraction of sp³-hybridized carbons (Fsp3) is 0.538. The lowest BCUT2D eigenvalue weighted by Gasteiger charge is -2.30. The number of methoxy groups -OCH3 is 1. The second-order valence-electron chi connectivity index (χ2n) is 4.49. The molecule has 3 nitrogen and oxygen atoms in total. The van der Waals surface area contributed by atoms with E-state index in [-0.39, 0.29) is 0 Å². The minimum atomic E-state index is -1.09. The van der Waals surface area contributed by atoms with Crippen LogP contribution in [0.4, 0.5) is 10.1 Å². The van der Waals surface area contributed by atoms with Crippen LogP contribution >= 0.6 is 0 Å². The number of halogens is 1. The Balaban J connectivity index is 1.92. The van der Waals surface area contributed by atoms with Crippen LogP contribution in [-0.2, 0) is 0 Å². The quantitative estimate of drug-likeness (QED) is 0.843. The summed E-state index contributed by atoms with van der Waals surface area (Å²) in [5.41, 5.74) is -0.186. The second-order valence-corrected chi connectivity index (χ2v) is 4.49. The van der Waals surface area contributed by atoms with Crippen molar-refractivity contribution in [2.75, 3.05) is 32.1 Å². The number of rotatable bonds is 4. The largest absolute Gasteiger partial charge is 0.497 e. The molecule has 0 aromatic heterocycles. The van der Waals surface area contributed by atoms with Crippen molar-refractivity contribution in [1.82, 2.24) is 5.32 Å². The number of nitrogens with one attached hydrogen (secondary N) is 2. The Morgan fingerprint density at radius 3 is 2.88 bits per heavy atom. The van der Waals surface area contributed by atoms with Crippen molar-refractivity contribution in [2.24, 2.45) is 0 Å². The van der Waals surface area contributed by atoms with Crippen LogP contribution < -0.4 is 15.4 Å². The molecule has 0 aliphatic carbocycles. The first-order valence-electron chi connectivity index (χ1n) is 5.99. The minimum Gasteiger partial charge on any atom is -0.497 e. The number of ether oxygens (including phenoxy) is 1. The topological polar surface area (TPSA) is 33.3 Å². The number of piperidine rings is 1. The molecule has 0 saturated carbocycles. The summed E-state index contributed by atoms with van der Waals surface area (Å²) in [5.74, 6) is 0.785. The van der Waals surface area contributed by atoms with Crippen LogP contribution in [0, 0.1) is 0 Å². The molecule has 0 amide bonds. The van der Waals surface area contributed by atoms with E-state index in [0.717, 1.165) is 24.5 Å². The van der Waals surface area contributed by atoms with E-state index >= 15 is 0 Å². The van der Waals surface area contributed by atoms with Crippen molar-refractivity contribution < 1.29 is 9.13 Å². The van der Waals surface area contributed by atoms with Crippen molar-refractivity contribution in [2.45, 2.75) is 18.5 Å². The van der Waals surface area contributed by atoms with Crippen LogP contribution in [0.3, 0.4) is 0 Å². The third-order valence-corrected chi connectivity index (χ3v) is 3.18. The third-order valence-electron chi connectivity index (χ3n) is 3.18. The third kappa shape index (κ3) is 3.33. The normalized spacial score (nSPS) is 18.7. The van der Waals surface area contributed by atoms with Gasteiger partial charge in [-0.25, -0.2) is 4.39 Å². The summed E-state index contributed by atoms with van der Waals surface area (Å²) in [6.07, 6.45) is 1.15. The Kier molecular flexibility index (Phi) is 3.84. The molecule has 1 fully saturated rings. The highest BCUT2D eigenvalue weighted by atomic mass is 19.1. The van der Waals surface area contributed by atoms with E-state index in [1.165, 1.54) is 0 Å². The summed E-state index contributed by atoms with van der Waals surface area (Å²) in [7, 11) is 1.63. The zero-order valence-electron chi connectivity index (χ0n) is 10.1. The second kappa shape index (κ2) is 5.36. The fourth-order valence-corrected chi connectivity index (χ4v) is 2.05.